The van der Waals surface area contributed by atoms with E-state index in [2.05, 4.69) is 157 Å². The van der Waals surface area contributed by atoms with Gasteiger partial charge in [-0.2, -0.15) is 0 Å². The van der Waals surface area contributed by atoms with Gasteiger partial charge in [0.1, 0.15) is 0 Å². The van der Waals surface area contributed by atoms with E-state index in [0.29, 0.717) is 0 Å². The summed E-state index contributed by atoms with van der Waals surface area (Å²) >= 11 is 0. The molecule has 0 N–H and O–H groups in total. The van der Waals surface area contributed by atoms with E-state index in [0.717, 1.165) is 0 Å². The maximum Gasteiger partial charge on any atom is 0.0541 e. The Kier molecular flexibility index (Phi) is 5.41. The summed E-state index contributed by atoms with van der Waals surface area (Å²) in [6.07, 6.45) is 0. The standard InChI is InChI=1S/C37H27N/c1-26-17-19-28(20-18-26)29-11-7-12-30(23-29)32-21-22-37-35(25-32)34-15-5-6-16-36(34)38(37)33-14-8-13-31(24-33)27-9-3-2-4-10-27/h2-25H,1H3. The number of fused-ring (bicyclic) bond motifs is 3. The first kappa shape index (κ1) is 22.3. The van der Waals surface area contributed by atoms with E-state index in [1.165, 1.54) is 66.4 Å². The Hall–Kier alpha value is -4.88. The second-order valence-corrected chi connectivity index (χ2v) is 9.95. The van der Waals surface area contributed by atoms with Gasteiger partial charge in [-0.15, -0.1) is 0 Å². The molecule has 0 saturated carbocycles. The summed E-state index contributed by atoms with van der Waals surface area (Å²) in [5.74, 6) is 0. The van der Waals surface area contributed by atoms with Gasteiger partial charge >= 0.3 is 0 Å². The molecule has 0 unspecified atom stereocenters. The Morgan fingerprint density at radius 2 is 0.921 bits per heavy atom. The van der Waals surface area contributed by atoms with Crippen LogP contribution in [0.15, 0.2) is 146 Å². The maximum atomic E-state index is 2.39. The topological polar surface area (TPSA) is 4.93 Å². The highest BCUT2D eigenvalue weighted by molar-refractivity contribution is 6.10. The lowest BCUT2D eigenvalue weighted by molar-refractivity contribution is 1.18. The lowest BCUT2D eigenvalue weighted by Gasteiger charge is -2.11. The highest BCUT2D eigenvalue weighted by atomic mass is 15.0. The van der Waals surface area contributed by atoms with E-state index in [1.54, 1.807) is 0 Å². The van der Waals surface area contributed by atoms with Gasteiger partial charge < -0.3 is 4.57 Å². The highest BCUT2D eigenvalue weighted by Crippen LogP contribution is 2.36. The smallest absolute Gasteiger partial charge is 0.0541 e. The van der Waals surface area contributed by atoms with E-state index >= 15 is 0 Å². The van der Waals surface area contributed by atoms with Gasteiger partial charge in [0.2, 0.25) is 0 Å². The van der Waals surface area contributed by atoms with Crippen molar-refractivity contribution in [3.63, 3.8) is 0 Å². The first-order chi connectivity index (χ1) is 18.7. The molecule has 0 aliphatic carbocycles. The summed E-state index contributed by atoms with van der Waals surface area (Å²) in [7, 11) is 0. The molecule has 7 rings (SSSR count). The Labute approximate surface area is 223 Å². The first-order valence-corrected chi connectivity index (χ1v) is 13.1. The van der Waals surface area contributed by atoms with Crippen molar-refractivity contribution in [1.29, 1.82) is 0 Å². The molecule has 7 aromatic rings. The van der Waals surface area contributed by atoms with Crippen molar-refractivity contribution in [1.82, 2.24) is 4.57 Å². The van der Waals surface area contributed by atoms with Crippen molar-refractivity contribution in [2.45, 2.75) is 6.92 Å². The molecule has 0 amide bonds. The van der Waals surface area contributed by atoms with Gasteiger partial charge in [-0.05, 0) is 76.7 Å². The molecular weight excluding hydrogens is 458 g/mol. The Balaban J connectivity index is 1.38. The molecule has 0 bridgehead atoms. The Morgan fingerprint density at radius 1 is 0.368 bits per heavy atom. The zero-order valence-corrected chi connectivity index (χ0v) is 21.3. The highest BCUT2D eigenvalue weighted by Gasteiger charge is 2.14. The normalized spacial score (nSPS) is 11.3. The van der Waals surface area contributed by atoms with Gasteiger partial charge in [-0.25, -0.2) is 0 Å². The second-order valence-electron chi connectivity index (χ2n) is 9.95. The van der Waals surface area contributed by atoms with Crippen molar-refractivity contribution >= 4 is 21.8 Å². The lowest BCUT2D eigenvalue weighted by Crippen LogP contribution is -1.94. The predicted octanol–water partition coefficient (Wildman–Crippen LogP) is 10.1. The molecule has 0 atom stereocenters. The van der Waals surface area contributed by atoms with Crippen molar-refractivity contribution < 1.29 is 0 Å². The van der Waals surface area contributed by atoms with Crippen molar-refractivity contribution in [2.75, 3.05) is 0 Å². The molecule has 0 aliphatic heterocycles. The van der Waals surface area contributed by atoms with Crippen LogP contribution in [0.5, 0.6) is 0 Å². The van der Waals surface area contributed by atoms with Crippen LogP contribution in [-0.4, -0.2) is 4.57 Å². The number of benzene rings is 6. The van der Waals surface area contributed by atoms with Crippen LogP contribution in [0.25, 0.3) is 60.9 Å². The van der Waals surface area contributed by atoms with Gasteiger partial charge in [0.25, 0.3) is 0 Å². The molecular formula is C37H27N. The number of aromatic nitrogens is 1. The molecule has 0 spiro atoms. The molecule has 0 radical (unpaired) electrons. The Morgan fingerprint density at radius 3 is 1.74 bits per heavy atom. The fraction of sp³-hybridized carbons (Fsp3) is 0.0270. The van der Waals surface area contributed by atoms with Gasteiger partial charge in [0, 0.05) is 16.5 Å². The van der Waals surface area contributed by atoms with Crippen LogP contribution in [0.4, 0.5) is 0 Å². The summed E-state index contributed by atoms with van der Waals surface area (Å²) in [4.78, 5) is 0. The fourth-order valence-electron chi connectivity index (χ4n) is 5.51. The minimum Gasteiger partial charge on any atom is -0.309 e. The summed E-state index contributed by atoms with van der Waals surface area (Å²) in [5.41, 5.74) is 12.3. The number of hydrogen-bond acceptors (Lipinski definition) is 0. The third-order valence-corrected chi connectivity index (χ3v) is 7.46. The van der Waals surface area contributed by atoms with E-state index in [1.807, 2.05) is 0 Å². The summed E-state index contributed by atoms with van der Waals surface area (Å²) in [5, 5.41) is 2.54. The van der Waals surface area contributed by atoms with Gasteiger partial charge in [0.15, 0.2) is 0 Å². The second kappa shape index (κ2) is 9.21. The molecule has 0 aliphatic rings. The minimum atomic E-state index is 1.17. The molecule has 1 nitrogen and oxygen atoms in total. The molecule has 6 aromatic carbocycles. The minimum absolute atomic E-state index is 1.17. The number of rotatable bonds is 4. The van der Waals surface area contributed by atoms with E-state index in [4.69, 9.17) is 0 Å². The quantitative estimate of drug-likeness (QED) is 0.234. The lowest BCUT2D eigenvalue weighted by atomic mass is 9.97. The van der Waals surface area contributed by atoms with Crippen LogP contribution in [0, 0.1) is 6.92 Å². The molecule has 0 fully saturated rings. The number of para-hydroxylation sites is 1. The number of hydrogen-bond donors (Lipinski definition) is 0. The number of aryl methyl sites for hydroxylation is 1. The van der Waals surface area contributed by atoms with E-state index < -0.39 is 0 Å². The van der Waals surface area contributed by atoms with E-state index in [9.17, 15) is 0 Å². The largest absolute Gasteiger partial charge is 0.309 e. The average Bonchev–Trinajstić information content (AvgIpc) is 3.32. The maximum absolute atomic E-state index is 2.39. The number of nitrogens with zero attached hydrogens (tertiary/aromatic N) is 1. The Bertz CT molecular complexity index is 1910. The summed E-state index contributed by atoms with van der Waals surface area (Å²) in [6, 6.07) is 52.7. The summed E-state index contributed by atoms with van der Waals surface area (Å²) < 4.78 is 2.39. The first-order valence-electron chi connectivity index (χ1n) is 13.1. The molecule has 1 heteroatoms. The van der Waals surface area contributed by atoms with Crippen LogP contribution >= 0.6 is 0 Å². The zero-order chi connectivity index (χ0) is 25.5. The van der Waals surface area contributed by atoms with Gasteiger partial charge in [0.05, 0.1) is 11.0 Å². The molecule has 1 aromatic heterocycles. The molecule has 0 saturated heterocycles. The fourth-order valence-corrected chi connectivity index (χ4v) is 5.51. The van der Waals surface area contributed by atoms with Gasteiger partial charge in [-0.1, -0.05) is 115 Å². The average molecular weight is 486 g/mol. The molecule has 1 heterocycles. The van der Waals surface area contributed by atoms with Crippen molar-refractivity contribution in [3.8, 4) is 39.1 Å². The summed E-state index contributed by atoms with van der Waals surface area (Å²) in [6.45, 7) is 2.13. The zero-order valence-electron chi connectivity index (χ0n) is 21.3. The van der Waals surface area contributed by atoms with Crippen LogP contribution in [-0.2, 0) is 0 Å². The monoisotopic (exact) mass is 485 g/mol. The third-order valence-electron chi connectivity index (χ3n) is 7.46. The molecule has 38 heavy (non-hydrogen) atoms. The molecule has 180 valence electrons. The predicted molar refractivity (Wildman–Crippen MR) is 162 cm³/mol. The SMILES string of the molecule is Cc1ccc(-c2cccc(-c3ccc4c(c3)c3ccccc3n4-c3cccc(-c4ccccc4)c3)c2)cc1. The van der Waals surface area contributed by atoms with Crippen LogP contribution in [0.2, 0.25) is 0 Å². The van der Waals surface area contributed by atoms with E-state index in [-0.39, 0.29) is 0 Å². The van der Waals surface area contributed by atoms with Crippen molar-refractivity contribution in [3.05, 3.63) is 151 Å². The van der Waals surface area contributed by atoms with Crippen LogP contribution in [0.3, 0.4) is 0 Å². The van der Waals surface area contributed by atoms with Gasteiger partial charge in [-0.3, -0.25) is 0 Å². The third kappa shape index (κ3) is 3.90. The van der Waals surface area contributed by atoms with Crippen LogP contribution in [0.1, 0.15) is 5.56 Å². The van der Waals surface area contributed by atoms with Crippen LogP contribution < -0.4 is 0 Å². The van der Waals surface area contributed by atoms with Crippen molar-refractivity contribution in [2.24, 2.45) is 0 Å².